The number of rotatable bonds is 7. The van der Waals surface area contributed by atoms with Crippen molar-refractivity contribution in [3.63, 3.8) is 0 Å². The molecule has 2 aromatic heterocycles. The van der Waals surface area contributed by atoms with E-state index < -0.39 is 10.2 Å². The quantitative estimate of drug-likeness (QED) is 0.362. The first-order valence-electron chi connectivity index (χ1n) is 11.6. The molecule has 0 saturated carbocycles. The predicted molar refractivity (Wildman–Crippen MR) is 146 cm³/mol. The normalized spacial score (nSPS) is 15.0. The first-order valence-corrected chi connectivity index (χ1v) is 13.4. The number of ether oxygens (including phenoxy) is 1. The van der Waals surface area contributed by atoms with Gasteiger partial charge in [0, 0.05) is 54.0 Å². The lowest BCUT2D eigenvalue weighted by atomic mass is 10.0. The molecule has 0 unspecified atom stereocenters. The van der Waals surface area contributed by atoms with Crippen LogP contribution >= 0.6 is 11.6 Å². The molecule has 0 atom stereocenters. The summed E-state index contributed by atoms with van der Waals surface area (Å²) in [6.45, 7) is 2.16. The van der Waals surface area contributed by atoms with Crippen molar-refractivity contribution in [2.75, 3.05) is 50.4 Å². The Morgan fingerprint density at radius 2 is 1.78 bits per heavy atom. The van der Waals surface area contributed by atoms with Crippen LogP contribution in [0.1, 0.15) is 0 Å². The molecule has 37 heavy (non-hydrogen) atoms. The molecule has 1 saturated heterocycles. The number of halogens is 1. The molecule has 10 nitrogen and oxygen atoms in total. The Morgan fingerprint density at radius 3 is 2.54 bits per heavy atom. The molecule has 0 aliphatic carbocycles. The van der Waals surface area contributed by atoms with Crippen LogP contribution in [0, 0.1) is 0 Å². The summed E-state index contributed by atoms with van der Waals surface area (Å²) in [5.41, 5.74) is 3.33. The summed E-state index contributed by atoms with van der Waals surface area (Å²) in [6.07, 6.45) is 3.14. The summed E-state index contributed by atoms with van der Waals surface area (Å²) in [6, 6.07) is 14.8. The number of aromatic nitrogens is 3. The number of methoxy groups -OCH3 is 1. The Hall–Kier alpha value is -3.51. The summed E-state index contributed by atoms with van der Waals surface area (Å²) >= 11 is 6.13. The van der Waals surface area contributed by atoms with Crippen molar-refractivity contribution in [1.82, 2.24) is 24.2 Å². The number of anilines is 3. The van der Waals surface area contributed by atoms with Crippen molar-refractivity contribution in [3.8, 4) is 17.0 Å². The van der Waals surface area contributed by atoms with Gasteiger partial charge in [-0.1, -0.05) is 23.7 Å². The molecule has 0 bridgehead atoms. The van der Waals surface area contributed by atoms with Crippen molar-refractivity contribution in [3.05, 3.63) is 66.1 Å². The van der Waals surface area contributed by atoms with Crippen LogP contribution in [0.25, 0.3) is 22.0 Å². The van der Waals surface area contributed by atoms with Gasteiger partial charge >= 0.3 is 10.2 Å². The molecule has 1 fully saturated rings. The lowest BCUT2D eigenvalue weighted by Crippen LogP contribution is -2.48. The number of hydrogen-bond donors (Lipinski definition) is 2. The highest BCUT2D eigenvalue weighted by atomic mass is 35.5. The highest BCUT2D eigenvalue weighted by molar-refractivity contribution is 7.90. The zero-order valence-electron chi connectivity index (χ0n) is 20.3. The molecule has 3 heterocycles. The van der Waals surface area contributed by atoms with Crippen LogP contribution < -0.4 is 14.8 Å². The maximum atomic E-state index is 13.1. The van der Waals surface area contributed by atoms with Gasteiger partial charge in [-0.05, 0) is 49.0 Å². The van der Waals surface area contributed by atoms with Crippen LogP contribution in [0.15, 0.2) is 61.1 Å². The standard InChI is InChI=1S/C25H26ClN7O3S/c1-32-8-10-33(11-9-32)37(34,35)31-23-13-18(15-27-25(23)36-2)17-6-7-22-21(12-17)24(29-16-28-22)30-20-5-3-4-19(26)14-20/h3-7,12-16,31H,8-11H2,1-2H3,(H,28,29,30). The van der Waals surface area contributed by atoms with Crippen molar-refractivity contribution < 1.29 is 13.2 Å². The highest BCUT2D eigenvalue weighted by Gasteiger charge is 2.27. The number of nitrogens with one attached hydrogen (secondary N) is 2. The van der Waals surface area contributed by atoms with E-state index in [0.717, 1.165) is 22.2 Å². The Labute approximate surface area is 220 Å². The van der Waals surface area contributed by atoms with Crippen molar-refractivity contribution in [2.24, 2.45) is 0 Å². The van der Waals surface area contributed by atoms with Gasteiger partial charge in [-0.25, -0.2) is 15.0 Å². The number of piperazine rings is 1. The molecule has 1 aliphatic rings. The second-order valence-corrected chi connectivity index (χ2v) is 10.8. The Balaban J connectivity index is 1.48. The second-order valence-electron chi connectivity index (χ2n) is 8.68. The molecular formula is C25H26ClN7O3S. The number of benzene rings is 2. The number of hydrogen-bond acceptors (Lipinski definition) is 8. The lowest BCUT2D eigenvalue weighted by molar-refractivity contribution is 0.223. The number of nitrogens with zero attached hydrogens (tertiary/aromatic N) is 5. The zero-order chi connectivity index (χ0) is 26.0. The minimum atomic E-state index is -3.77. The summed E-state index contributed by atoms with van der Waals surface area (Å²) in [7, 11) is -0.349. The summed E-state index contributed by atoms with van der Waals surface area (Å²) < 4.78 is 35.6. The van der Waals surface area contributed by atoms with E-state index in [9.17, 15) is 8.42 Å². The van der Waals surface area contributed by atoms with E-state index >= 15 is 0 Å². The highest BCUT2D eigenvalue weighted by Crippen LogP contribution is 2.33. The molecule has 2 aromatic carbocycles. The fraction of sp³-hybridized carbons (Fsp3) is 0.240. The third-order valence-electron chi connectivity index (χ3n) is 6.14. The summed E-state index contributed by atoms with van der Waals surface area (Å²) in [4.78, 5) is 15.2. The van der Waals surface area contributed by atoms with Gasteiger partial charge in [0.15, 0.2) is 0 Å². The fourth-order valence-corrected chi connectivity index (χ4v) is 5.50. The lowest BCUT2D eigenvalue weighted by Gasteiger charge is -2.31. The average molecular weight is 540 g/mol. The molecule has 192 valence electrons. The van der Waals surface area contributed by atoms with Gasteiger partial charge in [0.25, 0.3) is 0 Å². The molecule has 0 spiro atoms. The van der Waals surface area contributed by atoms with Gasteiger partial charge in [0.2, 0.25) is 5.88 Å². The molecule has 0 amide bonds. The number of pyridine rings is 1. The SMILES string of the molecule is COc1ncc(-c2ccc3ncnc(Nc4cccc(Cl)c4)c3c2)cc1NS(=O)(=O)N1CCN(C)CC1. The fourth-order valence-electron chi connectivity index (χ4n) is 4.12. The Bertz CT molecular complexity index is 1540. The van der Waals surface area contributed by atoms with E-state index in [1.165, 1.54) is 17.7 Å². The average Bonchev–Trinajstić information content (AvgIpc) is 2.89. The van der Waals surface area contributed by atoms with E-state index in [0.29, 0.717) is 42.6 Å². The van der Waals surface area contributed by atoms with Crippen LogP contribution in [0.3, 0.4) is 0 Å². The maximum absolute atomic E-state index is 13.1. The van der Waals surface area contributed by atoms with Crippen molar-refractivity contribution >= 4 is 49.9 Å². The first-order chi connectivity index (χ1) is 17.8. The summed E-state index contributed by atoms with van der Waals surface area (Å²) in [5, 5.41) is 4.69. The summed E-state index contributed by atoms with van der Waals surface area (Å²) in [5.74, 6) is 0.806. The zero-order valence-corrected chi connectivity index (χ0v) is 21.9. The minimum absolute atomic E-state index is 0.189. The van der Waals surface area contributed by atoms with E-state index in [-0.39, 0.29) is 11.6 Å². The van der Waals surface area contributed by atoms with E-state index in [1.807, 2.05) is 43.4 Å². The minimum Gasteiger partial charge on any atom is -0.479 e. The number of fused-ring (bicyclic) bond motifs is 1. The molecule has 2 N–H and O–H groups in total. The van der Waals surface area contributed by atoms with E-state index in [4.69, 9.17) is 16.3 Å². The van der Waals surface area contributed by atoms with Gasteiger partial charge in [-0.2, -0.15) is 12.7 Å². The van der Waals surface area contributed by atoms with E-state index in [1.54, 1.807) is 18.3 Å². The van der Waals surface area contributed by atoms with Crippen LogP contribution in [-0.2, 0) is 10.2 Å². The molecule has 0 radical (unpaired) electrons. The van der Waals surface area contributed by atoms with Gasteiger partial charge in [-0.15, -0.1) is 0 Å². The molecule has 1 aliphatic heterocycles. The third-order valence-corrected chi connectivity index (χ3v) is 7.90. The Morgan fingerprint density at radius 1 is 0.973 bits per heavy atom. The largest absolute Gasteiger partial charge is 0.479 e. The van der Waals surface area contributed by atoms with Crippen molar-refractivity contribution in [2.45, 2.75) is 0 Å². The van der Waals surface area contributed by atoms with Crippen molar-refractivity contribution in [1.29, 1.82) is 0 Å². The van der Waals surface area contributed by atoms with Crippen LogP contribution in [-0.4, -0.2) is 72.9 Å². The van der Waals surface area contributed by atoms with Gasteiger partial charge < -0.3 is 15.0 Å². The molecule has 12 heteroatoms. The van der Waals surface area contributed by atoms with Crippen LogP contribution in [0.5, 0.6) is 5.88 Å². The van der Waals surface area contributed by atoms with Gasteiger partial charge in [0.05, 0.1) is 12.6 Å². The number of likely N-dealkylation sites (N-methyl/N-ethyl adjacent to an activating group) is 1. The van der Waals surface area contributed by atoms with Gasteiger partial charge in [-0.3, -0.25) is 4.72 Å². The monoisotopic (exact) mass is 539 g/mol. The first kappa shape index (κ1) is 25.2. The van der Waals surface area contributed by atoms with Crippen LogP contribution in [0.4, 0.5) is 17.2 Å². The molecule has 4 aromatic rings. The van der Waals surface area contributed by atoms with E-state index in [2.05, 4.69) is 29.9 Å². The van der Waals surface area contributed by atoms with Gasteiger partial charge in [0.1, 0.15) is 17.8 Å². The maximum Gasteiger partial charge on any atom is 0.301 e. The predicted octanol–water partition coefficient (Wildman–Crippen LogP) is 4.00. The topological polar surface area (TPSA) is 113 Å². The third kappa shape index (κ3) is 5.59. The second kappa shape index (κ2) is 10.5. The molecular weight excluding hydrogens is 514 g/mol. The smallest absolute Gasteiger partial charge is 0.301 e. The Kier molecular flexibility index (Phi) is 7.11. The molecule has 5 rings (SSSR count). The van der Waals surface area contributed by atoms with Crippen LogP contribution in [0.2, 0.25) is 5.02 Å².